The maximum absolute atomic E-state index is 5.80. The first-order valence-electron chi connectivity index (χ1n) is 4.67. The van der Waals surface area contributed by atoms with Gasteiger partial charge in [-0.25, -0.2) is 4.98 Å². The zero-order valence-electron chi connectivity index (χ0n) is 8.74. The molecule has 0 saturated carbocycles. The van der Waals surface area contributed by atoms with Crippen LogP contribution < -0.4 is 11.5 Å². The molecular formula is C11H13N3S. The van der Waals surface area contributed by atoms with Crippen molar-refractivity contribution in [2.75, 3.05) is 11.5 Å². The van der Waals surface area contributed by atoms with E-state index in [0.717, 1.165) is 10.4 Å². The zero-order valence-corrected chi connectivity index (χ0v) is 9.56. The van der Waals surface area contributed by atoms with Crippen LogP contribution in [0.4, 0.5) is 10.9 Å². The fraction of sp³-hybridized carbons (Fsp3) is 0.182. The van der Waals surface area contributed by atoms with Gasteiger partial charge in [-0.3, -0.25) is 0 Å². The predicted octanol–water partition coefficient (Wildman–Crippen LogP) is 2.59. The monoisotopic (exact) mass is 219 g/mol. The Morgan fingerprint density at radius 3 is 2.47 bits per heavy atom. The van der Waals surface area contributed by atoms with Crippen molar-refractivity contribution >= 4 is 22.3 Å². The average Bonchev–Trinajstić information content (AvgIpc) is 2.45. The number of thiazole rings is 1. The van der Waals surface area contributed by atoms with Crippen molar-refractivity contribution in [1.82, 2.24) is 4.98 Å². The summed E-state index contributed by atoms with van der Waals surface area (Å²) in [5, 5.41) is 0.516. The highest BCUT2D eigenvalue weighted by Crippen LogP contribution is 2.35. The summed E-state index contributed by atoms with van der Waals surface area (Å²) >= 11 is 1.43. The molecule has 1 aromatic heterocycles. The van der Waals surface area contributed by atoms with E-state index in [9.17, 15) is 0 Å². The Morgan fingerprint density at radius 2 is 1.93 bits per heavy atom. The molecule has 0 spiro atoms. The number of aromatic nitrogens is 1. The van der Waals surface area contributed by atoms with Crippen LogP contribution >= 0.6 is 11.3 Å². The van der Waals surface area contributed by atoms with Gasteiger partial charge >= 0.3 is 0 Å². The van der Waals surface area contributed by atoms with Gasteiger partial charge in [-0.1, -0.05) is 35.1 Å². The Labute approximate surface area is 92.8 Å². The number of nitrogens with zero attached hydrogens (tertiary/aromatic N) is 1. The first kappa shape index (κ1) is 9.98. The minimum Gasteiger partial charge on any atom is -0.382 e. The van der Waals surface area contributed by atoms with Gasteiger partial charge in [-0.05, 0) is 25.0 Å². The normalized spacial score (nSPS) is 10.5. The molecule has 0 aliphatic rings. The quantitative estimate of drug-likeness (QED) is 0.774. The van der Waals surface area contributed by atoms with Crippen LogP contribution in [-0.2, 0) is 0 Å². The lowest BCUT2D eigenvalue weighted by atomic mass is 10.0. The topological polar surface area (TPSA) is 64.9 Å². The van der Waals surface area contributed by atoms with Crippen LogP contribution in [0.3, 0.4) is 0 Å². The number of benzene rings is 1. The number of rotatable bonds is 1. The lowest BCUT2D eigenvalue weighted by Gasteiger charge is -2.04. The summed E-state index contributed by atoms with van der Waals surface area (Å²) in [6.07, 6.45) is 0. The molecule has 4 heteroatoms. The average molecular weight is 219 g/mol. The van der Waals surface area contributed by atoms with Crippen LogP contribution in [0.5, 0.6) is 0 Å². The maximum atomic E-state index is 5.80. The van der Waals surface area contributed by atoms with Gasteiger partial charge in [0.15, 0.2) is 5.13 Å². The van der Waals surface area contributed by atoms with Crippen LogP contribution in [0.25, 0.3) is 10.4 Å². The van der Waals surface area contributed by atoms with Crippen molar-refractivity contribution in [1.29, 1.82) is 0 Å². The van der Waals surface area contributed by atoms with Crippen molar-refractivity contribution in [3.8, 4) is 10.4 Å². The van der Waals surface area contributed by atoms with Gasteiger partial charge in [0.05, 0.1) is 4.88 Å². The fourth-order valence-electron chi connectivity index (χ4n) is 1.61. The molecule has 0 atom stereocenters. The smallest absolute Gasteiger partial charge is 0.182 e. The fourth-order valence-corrected chi connectivity index (χ4v) is 2.45. The Morgan fingerprint density at radius 1 is 1.20 bits per heavy atom. The van der Waals surface area contributed by atoms with Crippen molar-refractivity contribution < 1.29 is 0 Å². The molecule has 3 nitrogen and oxygen atoms in total. The molecule has 0 radical (unpaired) electrons. The third-order valence-corrected chi connectivity index (χ3v) is 3.23. The highest BCUT2D eigenvalue weighted by Gasteiger charge is 2.10. The number of nitrogen functional groups attached to an aromatic ring is 2. The Hall–Kier alpha value is -1.55. The van der Waals surface area contributed by atoms with Crippen molar-refractivity contribution in [2.45, 2.75) is 13.8 Å². The van der Waals surface area contributed by atoms with E-state index in [4.69, 9.17) is 11.5 Å². The van der Waals surface area contributed by atoms with E-state index in [1.807, 2.05) is 0 Å². The minimum absolute atomic E-state index is 0.516. The predicted molar refractivity (Wildman–Crippen MR) is 65.8 cm³/mol. The highest BCUT2D eigenvalue weighted by atomic mass is 32.1. The number of nitrogens with two attached hydrogens (primary N) is 2. The molecule has 0 amide bonds. The van der Waals surface area contributed by atoms with Crippen LogP contribution in [-0.4, -0.2) is 4.98 Å². The second kappa shape index (κ2) is 3.55. The van der Waals surface area contributed by atoms with Gasteiger partial charge in [-0.2, -0.15) is 0 Å². The molecule has 0 fully saturated rings. The summed E-state index contributed by atoms with van der Waals surface area (Å²) in [5.74, 6) is 0.518. The Bertz CT molecular complexity index is 503. The summed E-state index contributed by atoms with van der Waals surface area (Å²) in [5.41, 5.74) is 15.0. The number of aryl methyl sites for hydroxylation is 2. The third kappa shape index (κ3) is 1.80. The molecule has 0 bridgehead atoms. The second-order valence-electron chi connectivity index (χ2n) is 3.58. The van der Waals surface area contributed by atoms with E-state index < -0.39 is 0 Å². The number of hydrogen-bond donors (Lipinski definition) is 2. The first-order valence-corrected chi connectivity index (χ1v) is 5.49. The molecule has 0 aliphatic heterocycles. The summed E-state index contributed by atoms with van der Waals surface area (Å²) in [7, 11) is 0. The number of anilines is 2. The number of hydrogen-bond acceptors (Lipinski definition) is 4. The van der Waals surface area contributed by atoms with Crippen LogP contribution in [0.1, 0.15) is 11.1 Å². The molecule has 1 heterocycles. The molecule has 0 aliphatic carbocycles. The molecule has 1 aromatic carbocycles. The standard InChI is InChI=1S/C11H13N3S/c1-6-3-4-8(7(2)5-6)9-10(12)14-11(13)15-9/h3-5H,12H2,1-2H3,(H2,13,14). The molecule has 0 saturated heterocycles. The first-order chi connectivity index (χ1) is 7.08. The van der Waals surface area contributed by atoms with Gasteiger partial charge in [0.25, 0.3) is 0 Å². The van der Waals surface area contributed by atoms with E-state index in [-0.39, 0.29) is 0 Å². The van der Waals surface area contributed by atoms with Crippen LogP contribution in [0.15, 0.2) is 18.2 Å². The maximum Gasteiger partial charge on any atom is 0.182 e. The Kier molecular flexibility index (Phi) is 2.36. The molecule has 2 aromatic rings. The SMILES string of the molecule is Cc1ccc(-c2sc(N)nc2N)c(C)c1. The molecule has 4 N–H and O–H groups in total. The van der Waals surface area contributed by atoms with Crippen LogP contribution in [0, 0.1) is 13.8 Å². The van der Waals surface area contributed by atoms with E-state index in [1.54, 1.807) is 0 Å². The summed E-state index contributed by atoms with van der Waals surface area (Å²) in [6.45, 7) is 4.14. The highest BCUT2D eigenvalue weighted by molar-refractivity contribution is 7.19. The van der Waals surface area contributed by atoms with Gasteiger partial charge < -0.3 is 11.5 Å². The van der Waals surface area contributed by atoms with E-state index in [0.29, 0.717) is 10.9 Å². The zero-order chi connectivity index (χ0) is 11.0. The molecule has 15 heavy (non-hydrogen) atoms. The minimum atomic E-state index is 0.516. The van der Waals surface area contributed by atoms with Gasteiger partial charge in [-0.15, -0.1) is 0 Å². The summed E-state index contributed by atoms with van der Waals surface area (Å²) in [4.78, 5) is 4.99. The van der Waals surface area contributed by atoms with Gasteiger partial charge in [0.2, 0.25) is 0 Å². The Balaban J connectivity index is 2.59. The second-order valence-corrected chi connectivity index (χ2v) is 4.62. The van der Waals surface area contributed by atoms with E-state index >= 15 is 0 Å². The largest absolute Gasteiger partial charge is 0.382 e. The lowest BCUT2D eigenvalue weighted by molar-refractivity contribution is 1.38. The van der Waals surface area contributed by atoms with Crippen molar-refractivity contribution in [3.05, 3.63) is 29.3 Å². The van der Waals surface area contributed by atoms with Crippen molar-refractivity contribution in [2.24, 2.45) is 0 Å². The summed E-state index contributed by atoms with van der Waals surface area (Å²) < 4.78 is 0. The lowest BCUT2D eigenvalue weighted by Crippen LogP contribution is -1.90. The molecule has 0 unspecified atom stereocenters. The van der Waals surface area contributed by atoms with Crippen LogP contribution in [0.2, 0.25) is 0 Å². The van der Waals surface area contributed by atoms with E-state index in [1.165, 1.54) is 22.5 Å². The van der Waals surface area contributed by atoms with Crippen molar-refractivity contribution in [3.63, 3.8) is 0 Å². The van der Waals surface area contributed by atoms with E-state index in [2.05, 4.69) is 37.0 Å². The third-order valence-electron chi connectivity index (χ3n) is 2.30. The molecular weight excluding hydrogens is 206 g/mol. The molecule has 78 valence electrons. The van der Waals surface area contributed by atoms with Gasteiger partial charge in [0.1, 0.15) is 5.82 Å². The van der Waals surface area contributed by atoms with Gasteiger partial charge in [0, 0.05) is 0 Å². The summed E-state index contributed by atoms with van der Waals surface area (Å²) in [6, 6.07) is 6.26. The molecule has 2 rings (SSSR count).